The second kappa shape index (κ2) is 14.0. The summed E-state index contributed by atoms with van der Waals surface area (Å²) in [5.41, 5.74) is 0. The average Bonchev–Trinajstić information content (AvgIpc) is 2.61. The number of nitrogens with zero attached hydrogens (tertiary/aromatic N) is 3. The van der Waals surface area contributed by atoms with Gasteiger partial charge in [0, 0.05) is 39.8 Å². The summed E-state index contributed by atoms with van der Waals surface area (Å²) in [6, 6.07) is 0. The highest BCUT2D eigenvalue weighted by atomic mass is 127. The van der Waals surface area contributed by atoms with E-state index in [2.05, 4.69) is 46.2 Å². The number of hydrogen-bond donors (Lipinski definition) is 2. The summed E-state index contributed by atoms with van der Waals surface area (Å²) in [5, 5.41) is 6.89. The molecule has 2 heterocycles. The molecule has 0 amide bonds. The minimum absolute atomic E-state index is 0. The highest BCUT2D eigenvalue weighted by Crippen LogP contribution is 2.15. The molecular weight excluding hydrogens is 453 g/mol. The quantitative estimate of drug-likeness (QED) is 0.235. The van der Waals surface area contributed by atoms with E-state index in [0.29, 0.717) is 12.2 Å². The molecule has 2 N–H and O–H groups in total. The Morgan fingerprint density at radius 1 is 0.926 bits per heavy atom. The Morgan fingerprint density at radius 3 is 1.96 bits per heavy atom. The van der Waals surface area contributed by atoms with Crippen LogP contribution in [0.25, 0.3) is 0 Å². The van der Waals surface area contributed by atoms with Crippen LogP contribution in [0.5, 0.6) is 0 Å². The van der Waals surface area contributed by atoms with E-state index in [1.807, 2.05) is 7.05 Å². The number of halogens is 1. The molecule has 0 aromatic rings. The highest BCUT2D eigenvalue weighted by molar-refractivity contribution is 14.0. The lowest BCUT2D eigenvalue weighted by Crippen LogP contribution is -2.46. The van der Waals surface area contributed by atoms with Gasteiger partial charge in [0.2, 0.25) is 0 Å². The maximum atomic E-state index is 5.79. The van der Waals surface area contributed by atoms with Crippen LogP contribution in [-0.4, -0.2) is 87.4 Å². The molecule has 0 radical (unpaired) electrons. The number of nitrogens with one attached hydrogen (secondary N) is 2. The van der Waals surface area contributed by atoms with Gasteiger partial charge in [-0.1, -0.05) is 6.92 Å². The maximum absolute atomic E-state index is 5.79. The average molecular weight is 495 g/mol. The smallest absolute Gasteiger partial charge is 0.190 e. The third-order valence-electron chi connectivity index (χ3n) is 5.48. The molecular formula is C20H42IN5O. The molecule has 2 saturated heterocycles. The van der Waals surface area contributed by atoms with Gasteiger partial charge in [0.25, 0.3) is 0 Å². The van der Waals surface area contributed by atoms with Crippen LogP contribution in [0.2, 0.25) is 0 Å². The monoisotopic (exact) mass is 495 g/mol. The predicted octanol–water partition coefficient (Wildman–Crippen LogP) is 2.39. The van der Waals surface area contributed by atoms with Crippen LogP contribution in [0, 0.1) is 5.92 Å². The first kappa shape index (κ1) is 24.9. The van der Waals surface area contributed by atoms with E-state index in [4.69, 9.17) is 4.74 Å². The minimum Gasteiger partial charge on any atom is -0.373 e. The van der Waals surface area contributed by atoms with Crippen molar-refractivity contribution < 1.29 is 4.74 Å². The number of likely N-dealkylation sites (tertiary alicyclic amines) is 1. The Labute approximate surface area is 183 Å². The SMILES string of the molecule is CN=C(NCCCN1CCC(C)CC1)NCCCN1CC(C)OC(C)C1.I. The molecule has 2 atom stereocenters. The number of morpholine rings is 1. The fourth-order valence-electron chi connectivity index (χ4n) is 3.99. The van der Waals surface area contributed by atoms with E-state index < -0.39 is 0 Å². The maximum Gasteiger partial charge on any atom is 0.190 e. The summed E-state index contributed by atoms with van der Waals surface area (Å²) in [4.78, 5) is 9.45. The molecule has 2 aliphatic rings. The number of guanidine groups is 1. The third-order valence-corrected chi connectivity index (χ3v) is 5.48. The Balaban J connectivity index is 0.00000364. The van der Waals surface area contributed by atoms with E-state index >= 15 is 0 Å². The Bertz CT molecular complexity index is 405. The number of piperidine rings is 1. The molecule has 2 rings (SSSR count). The van der Waals surface area contributed by atoms with Gasteiger partial charge in [-0.2, -0.15) is 0 Å². The van der Waals surface area contributed by atoms with Crippen molar-refractivity contribution in [2.45, 2.75) is 58.7 Å². The Kier molecular flexibility index (Phi) is 12.9. The molecule has 7 heteroatoms. The first-order chi connectivity index (χ1) is 12.6. The van der Waals surface area contributed by atoms with Crippen LogP contribution < -0.4 is 10.6 Å². The zero-order chi connectivity index (χ0) is 18.8. The summed E-state index contributed by atoms with van der Waals surface area (Å²) >= 11 is 0. The molecule has 6 nitrogen and oxygen atoms in total. The fourth-order valence-corrected chi connectivity index (χ4v) is 3.99. The van der Waals surface area contributed by atoms with Crippen LogP contribution in [0.1, 0.15) is 46.5 Å². The van der Waals surface area contributed by atoms with Crippen LogP contribution in [0.4, 0.5) is 0 Å². The molecule has 0 spiro atoms. The normalized spacial score (nSPS) is 25.9. The second-order valence-electron chi connectivity index (χ2n) is 8.17. The van der Waals surface area contributed by atoms with Gasteiger partial charge in [0.1, 0.15) is 0 Å². The lowest BCUT2D eigenvalue weighted by molar-refractivity contribution is -0.0679. The molecule has 0 saturated carbocycles. The molecule has 0 aromatic heterocycles. The zero-order valence-corrected chi connectivity index (χ0v) is 20.2. The van der Waals surface area contributed by atoms with E-state index in [1.54, 1.807) is 0 Å². The van der Waals surface area contributed by atoms with Crippen molar-refractivity contribution in [3.05, 3.63) is 0 Å². The van der Waals surface area contributed by atoms with Crippen molar-refractivity contribution >= 4 is 29.9 Å². The van der Waals surface area contributed by atoms with Crippen LogP contribution >= 0.6 is 24.0 Å². The summed E-state index contributed by atoms with van der Waals surface area (Å²) in [6.45, 7) is 15.6. The lowest BCUT2D eigenvalue weighted by Gasteiger charge is -2.35. The summed E-state index contributed by atoms with van der Waals surface area (Å²) in [5.74, 6) is 1.84. The van der Waals surface area contributed by atoms with Crippen molar-refractivity contribution in [1.82, 2.24) is 20.4 Å². The van der Waals surface area contributed by atoms with Gasteiger partial charge in [0.05, 0.1) is 12.2 Å². The fraction of sp³-hybridized carbons (Fsp3) is 0.950. The molecule has 2 unspecified atom stereocenters. The Morgan fingerprint density at radius 2 is 1.44 bits per heavy atom. The topological polar surface area (TPSA) is 52.1 Å². The number of hydrogen-bond acceptors (Lipinski definition) is 4. The van der Waals surface area contributed by atoms with Crippen molar-refractivity contribution in [2.24, 2.45) is 10.9 Å². The van der Waals surface area contributed by atoms with E-state index in [-0.39, 0.29) is 24.0 Å². The van der Waals surface area contributed by atoms with Gasteiger partial charge in [-0.05, 0) is 65.1 Å². The van der Waals surface area contributed by atoms with Gasteiger partial charge in [-0.25, -0.2) is 0 Å². The highest BCUT2D eigenvalue weighted by Gasteiger charge is 2.21. The first-order valence-electron chi connectivity index (χ1n) is 10.6. The Hall–Kier alpha value is -0.120. The largest absolute Gasteiger partial charge is 0.373 e. The summed E-state index contributed by atoms with van der Waals surface area (Å²) < 4.78 is 5.79. The minimum atomic E-state index is 0. The summed E-state index contributed by atoms with van der Waals surface area (Å²) in [7, 11) is 1.85. The van der Waals surface area contributed by atoms with E-state index in [1.165, 1.54) is 38.9 Å². The third kappa shape index (κ3) is 10.3. The van der Waals surface area contributed by atoms with Crippen molar-refractivity contribution in [2.75, 3.05) is 59.4 Å². The van der Waals surface area contributed by atoms with Crippen molar-refractivity contribution in [1.29, 1.82) is 0 Å². The van der Waals surface area contributed by atoms with E-state index in [9.17, 15) is 0 Å². The second-order valence-corrected chi connectivity index (χ2v) is 8.17. The number of rotatable bonds is 8. The lowest BCUT2D eigenvalue weighted by atomic mass is 9.99. The predicted molar refractivity (Wildman–Crippen MR) is 125 cm³/mol. The molecule has 2 aliphatic heterocycles. The van der Waals surface area contributed by atoms with Crippen molar-refractivity contribution in [3.8, 4) is 0 Å². The van der Waals surface area contributed by atoms with Crippen LogP contribution in [0.3, 0.4) is 0 Å². The molecule has 0 aliphatic carbocycles. The first-order valence-corrected chi connectivity index (χ1v) is 10.6. The number of ether oxygens (including phenoxy) is 1. The van der Waals surface area contributed by atoms with Gasteiger partial charge < -0.3 is 20.3 Å². The molecule has 2 fully saturated rings. The van der Waals surface area contributed by atoms with Gasteiger partial charge in [-0.3, -0.25) is 9.89 Å². The molecule has 0 bridgehead atoms. The summed E-state index contributed by atoms with van der Waals surface area (Å²) in [6.07, 6.45) is 5.73. The van der Waals surface area contributed by atoms with Crippen molar-refractivity contribution in [3.63, 3.8) is 0 Å². The van der Waals surface area contributed by atoms with E-state index in [0.717, 1.165) is 51.0 Å². The van der Waals surface area contributed by atoms with Crippen LogP contribution in [0.15, 0.2) is 4.99 Å². The molecule has 0 aromatic carbocycles. The van der Waals surface area contributed by atoms with Gasteiger partial charge >= 0.3 is 0 Å². The molecule has 160 valence electrons. The number of aliphatic imine (C=N–C) groups is 1. The van der Waals surface area contributed by atoms with Gasteiger partial charge in [-0.15, -0.1) is 24.0 Å². The molecule has 27 heavy (non-hydrogen) atoms. The zero-order valence-electron chi connectivity index (χ0n) is 17.9. The van der Waals surface area contributed by atoms with Gasteiger partial charge in [0.15, 0.2) is 5.96 Å². The standard InChI is InChI=1S/C20H41N5O.HI/c1-17-7-13-24(14-8-17)11-5-9-22-20(21-4)23-10-6-12-25-15-18(2)26-19(3)16-25;/h17-19H,5-16H2,1-4H3,(H2,21,22,23);1H. The van der Waals surface area contributed by atoms with Crippen LogP contribution in [-0.2, 0) is 4.74 Å².